The van der Waals surface area contributed by atoms with Gasteiger partial charge < -0.3 is 5.11 Å². The van der Waals surface area contributed by atoms with Gasteiger partial charge in [-0.3, -0.25) is 4.90 Å². The van der Waals surface area contributed by atoms with Crippen molar-refractivity contribution in [3.63, 3.8) is 0 Å². The Morgan fingerprint density at radius 3 is 3.09 bits per heavy atom. The SMILES string of the molecule is C=C1CCN2C[C@@H](O)C[C@@]12C. The van der Waals surface area contributed by atoms with Crippen molar-refractivity contribution in [1.29, 1.82) is 0 Å². The average molecular weight is 153 g/mol. The summed E-state index contributed by atoms with van der Waals surface area (Å²) in [7, 11) is 0. The lowest BCUT2D eigenvalue weighted by molar-refractivity contribution is 0.177. The van der Waals surface area contributed by atoms with Crippen LogP contribution in [0.3, 0.4) is 0 Å². The maximum Gasteiger partial charge on any atom is 0.0688 e. The summed E-state index contributed by atoms with van der Waals surface area (Å²) in [4.78, 5) is 2.35. The van der Waals surface area contributed by atoms with Crippen LogP contribution in [0.1, 0.15) is 19.8 Å². The molecule has 2 atom stereocenters. The van der Waals surface area contributed by atoms with E-state index in [1.165, 1.54) is 5.57 Å². The molecule has 62 valence electrons. The third-order valence-corrected chi connectivity index (χ3v) is 3.21. The molecule has 0 aliphatic carbocycles. The standard InChI is InChI=1S/C9H15NO/c1-7-3-4-10-6-8(11)5-9(7,10)2/h8,11H,1,3-6H2,2H3/t8-,9-/m0/s1. The minimum Gasteiger partial charge on any atom is -0.392 e. The van der Waals surface area contributed by atoms with Crippen LogP contribution in [0.5, 0.6) is 0 Å². The van der Waals surface area contributed by atoms with Crippen molar-refractivity contribution in [3.05, 3.63) is 12.2 Å². The topological polar surface area (TPSA) is 23.5 Å². The van der Waals surface area contributed by atoms with Crippen molar-refractivity contribution in [2.75, 3.05) is 13.1 Å². The molecule has 0 unspecified atom stereocenters. The van der Waals surface area contributed by atoms with Gasteiger partial charge in [0.1, 0.15) is 0 Å². The number of rotatable bonds is 0. The highest BCUT2D eigenvalue weighted by atomic mass is 16.3. The highest BCUT2D eigenvalue weighted by Gasteiger charge is 2.46. The zero-order chi connectivity index (χ0) is 8.06. The van der Waals surface area contributed by atoms with E-state index in [1.54, 1.807) is 0 Å². The summed E-state index contributed by atoms with van der Waals surface area (Å²) in [6.07, 6.45) is 1.87. The Bertz CT molecular complexity index is 202. The van der Waals surface area contributed by atoms with Crippen molar-refractivity contribution in [2.24, 2.45) is 0 Å². The van der Waals surface area contributed by atoms with Gasteiger partial charge in [-0.1, -0.05) is 12.2 Å². The number of aliphatic hydroxyl groups is 1. The minimum atomic E-state index is -0.128. The zero-order valence-corrected chi connectivity index (χ0v) is 7.01. The molecule has 2 nitrogen and oxygen atoms in total. The molecule has 0 aromatic carbocycles. The van der Waals surface area contributed by atoms with Crippen LogP contribution >= 0.6 is 0 Å². The quantitative estimate of drug-likeness (QED) is 0.520. The third-order valence-electron chi connectivity index (χ3n) is 3.21. The molecule has 2 aliphatic rings. The van der Waals surface area contributed by atoms with Crippen LogP contribution in [0.25, 0.3) is 0 Å². The Kier molecular flexibility index (Phi) is 1.38. The van der Waals surface area contributed by atoms with Gasteiger partial charge in [0.25, 0.3) is 0 Å². The summed E-state index contributed by atoms with van der Waals surface area (Å²) in [6, 6.07) is 0. The van der Waals surface area contributed by atoms with E-state index in [-0.39, 0.29) is 11.6 Å². The Morgan fingerprint density at radius 1 is 1.73 bits per heavy atom. The first kappa shape index (κ1) is 7.32. The maximum atomic E-state index is 9.44. The van der Waals surface area contributed by atoms with E-state index in [2.05, 4.69) is 18.4 Å². The lowest BCUT2D eigenvalue weighted by Crippen LogP contribution is -2.35. The zero-order valence-electron chi connectivity index (χ0n) is 7.01. The molecule has 2 rings (SSSR count). The number of nitrogens with zero attached hydrogens (tertiary/aromatic N) is 1. The lowest BCUT2D eigenvalue weighted by Gasteiger charge is -2.27. The predicted octanol–water partition coefficient (Wildman–Crippen LogP) is 0.772. The van der Waals surface area contributed by atoms with Crippen LogP contribution in [-0.4, -0.2) is 34.7 Å². The Hall–Kier alpha value is -0.340. The summed E-state index contributed by atoms with van der Waals surface area (Å²) in [6.45, 7) is 8.18. The minimum absolute atomic E-state index is 0.124. The Labute approximate surface area is 67.5 Å². The van der Waals surface area contributed by atoms with E-state index in [1.807, 2.05) is 0 Å². The van der Waals surface area contributed by atoms with E-state index in [9.17, 15) is 5.11 Å². The molecule has 0 aromatic heterocycles. The van der Waals surface area contributed by atoms with Gasteiger partial charge in [0, 0.05) is 18.6 Å². The van der Waals surface area contributed by atoms with Crippen molar-refractivity contribution < 1.29 is 5.11 Å². The maximum absolute atomic E-state index is 9.44. The summed E-state index contributed by atoms with van der Waals surface area (Å²) in [5, 5.41) is 9.44. The average Bonchev–Trinajstić information content (AvgIpc) is 2.32. The van der Waals surface area contributed by atoms with E-state index < -0.39 is 0 Å². The van der Waals surface area contributed by atoms with Gasteiger partial charge in [-0.15, -0.1) is 0 Å². The molecular weight excluding hydrogens is 138 g/mol. The van der Waals surface area contributed by atoms with Crippen LogP contribution in [0, 0.1) is 0 Å². The van der Waals surface area contributed by atoms with E-state index in [0.717, 1.165) is 25.9 Å². The number of fused-ring (bicyclic) bond motifs is 1. The van der Waals surface area contributed by atoms with Gasteiger partial charge in [-0.05, 0) is 19.8 Å². The summed E-state index contributed by atoms with van der Waals surface area (Å²) in [5.41, 5.74) is 1.42. The second-order valence-corrected chi connectivity index (χ2v) is 3.93. The Balaban J connectivity index is 2.26. The highest BCUT2D eigenvalue weighted by molar-refractivity contribution is 5.24. The van der Waals surface area contributed by atoms with E-state index in [4.69, 9.17) is 0 Å². The molecule has 0 radical (unpaired) electrons. The van der Waals surface area contributed by atoms with E-state index in [0.29, 0.717) is 0 Å². The molecule has 2 heterocycles. The van der Waals surface area contributed by atoms with Crippen molar-refractivity contribution >= 4 is 0 Å². The van der Waals surface area contributed by atoms with Crippen LogP contribution in [-0.2, 0) is 0 Å². The van der Waals surface area contributed by atoms with Crippen LogP contribution < -0.4 is 0 Å². The molecule has 0 bridgehead atoms. The molecule has 2 heteroatoms. The van der Waals surface area contributed by atoms with Crippen molar-refractivity contribution in [1.82, 2.24) is 4.90 Å². The van der Waals surface area contributed by atoms with Gasteiger partial charge in [-0.25, -0.2) is 0 Å². The number of β-amino-alcohol motifs (C(OH)–C–C–N with tert-alkyl or cyclic N) is 1. The predicted molar refractivity (Wildman–Crippen MR) is 44.4 cm³/mol. The molecule has 0 amide bonds. The smallest absolute Gasteiger partial charge is 0.0688 e. The van der Waals surface area contributed by atoms with Crippen molar-refractivity contribution in [2.45, 2.75) is 31.4 Å². The fourth-order valence-electron chi connectivity index (χ4n) is 2.35. The second-order valence-electron chi connectivity index (χ2n) is 3.93. The number of hydrogen-bond acceptors (Lipinski definition) is 2. The molecular formula is C9H15NO. The molecule has 0 saturated carbocycles. The van der Waals surface area contributed by atoms with Crippen LogP contribution in [0.4, 0.5) is 0 Å². The molecule has 0 spiro atoms. The van der Waals surface area contributed by atoms with Crippen LogP contribution in [0.15, 0.2) is 12.2 Å². The van der Waals surface area contributed by atoms with Crippen molar-refractivity contribution in [3.8, 4) is 0 Å². The second kappa shape index (κ2) is 2.08. The molecule has 2 aliphatic heterocycles. The largest absolute Gasteiger partial charge is 0.392 e. The first-order valence-electron chi connectivity index (χ1n) is 4.24. The fourth-order valence-corrected chi connectivity index (χ4v) is 2.35. The monoisotopic (exact) mass is 153 g/mol. The first-order valence-corrected chi connectivity index (χ1v) is 4.24. The van der Waals surface area contributed by atoms with Gasteiger partial charge in [-0.2, -0.15) is 0 Å². The molecule has 1 N–H and O–H groups in total. The molecule has 2 saturated heterocycles. The lowest BCUT2D eigenvalue weighted by atomic mass is 9.92. The first-order chi connectivity index (χ1) is 5.13. The summed E-state index contributed by atoms with van der Waals surface area (Å²) < 4.78 is 0. The van der Waals surface area contributed by atoms with Gasteiger partial charge >= 0.3 is 0 Å². The highest BCUT2D eigenvalue weighted by Crippen LogP contribution is 2.41. The molecule has 11 heavy (non-hydrogen) atoms. The number of hydrogen-bond donors (Lipinski definition) is 1. The Morgan fingerprint density at radius 2 is 2.45 bits per heavy atom. The third kappa shape index (κ3) is 0.861. The molecule has 2 fully saturated rings. The van der Waals surface area contributed by atoms with E-state index >= 15 is 0 Å². The normalized spacial score (nSPS) is 44.9. The van der Waals surface area contributed by atoms with Crippen LogP contribution in [0.2, 0.25) is 0 Å². The number of aliphatic hydroxyl groups excluding tert-OH is 1. The molecule has 0 aromatic rings. The fraction of sp³-hybridized carbons (Fsp3) is 0.778. The summed E-state index contributed by atoms with van der Waals surface area (Å²) >= 11 is 0. The summed E-state index contributed by atoms with van der Waals surface area (Å²) in [5.74, 6) is 0. The van der Waals surface area contributed by atoms with Gasteiger partial charge in [0.2, 0.25) is 0 Å². The van der Waals surface area contributed by atoms with Gasteiger partial charge in [0.05, 0.1) is 6.10 Å². The van der Waals surface area contributed by atoms with Gasteiger partial charge in [0.15, 0.2) is 0 Å².